The minimum atomic E-state index is -0.497. The van der Waals surface area contributed by atoms with Gasteiger partial charge in [-0.05, 0) is 27.9 Å². The third kappa shape index (κ3) is 2.75. The Kier molecular flexibility index (Phi) is 3.55. The monoisotopic (exact) mass is 195 g/mol. The van der Waals surface area contributed by atoms with Gasteiger partial charge < -0.3 is 10.0 Å². The predicted molar refractivity (Wildman–Crippen MR) is 54.8 cm³/mol. The first-order valence-electron chi connectivity index (χ1n) is 4.66. The molecular weight excluding hydrogens is 178 g/mol. The smallest absolute Gasteiger partial charge is 0.142 e. The molecule has 0 unspecified atom stereocenters. The fourth-order valence-corrected chi connectivity index (χ4v) is 1.29. The lowest BCUT2D eigenvalue weighted by Crippen LogP contribution is -2.14. The van der Waals surface area contributed by atoms with Gasteiger partial charge >= 0.3 is 0 Å². The van der Waals surface area contributed by atoms with Crippen molar-refractivity contribution in [2.45, 2.75) is 26.5 Å². The van der Waals surface area contributed by atoms with Crippen molar-refractivity contribution < 1.29 is 5.11 Å². The van der Waals surface area contributed by atoms with Crippen LogP contribution in [-0.2, 0) is 6.54 Å². The number of aliphatic hydroxyl groups is 1. The van der Waals surface area contributed by atoms with Crippen LogP contribution in [0.25, 0.3) is 0 Å². The molecule has 4 nitrogen and oxygen atoms in total. The third-order valence-electron chi connectivity index (χ3n) is 1.97. The van der Waals surface area contributed by atoms with Crippen molar-refractivity contribution in [3.8, 4) is 0 Å². The second-order valence-electron chi connectivity index (χ2n) is 3.74. The molecule has 1 aromatic rings. The first kappa shape index (κ1) is 11.1. The third-order valence-corrected chi connectivity index (χ3v) is 1.97. The number of aromatic nitrogens is 2. The van der Waals surface area contributed by atoms with Crippen molar-refractivity contribution in [2.24, 2.45) is 0 Å². The van der Waals surface area contributed by atoms with Crippen molar-refractivity contribution in [3.63, 3.8) is 0 Å². The van der Waals surface area contributed by atoms with Crippen LogP contribution in [0.4, 0.5) is 0 Å². The SMILES string of the molecule is Cc1nc(CN(C)C)ncc1[C@H](C)O. The van der Waals surface area contributed by atoms with Crippen molar-refractivity contribution >= 4 is 0 Å². The Morgan fingerprint density at radius 3 is 2.57 bits per heavy atom. The molecule has 1 atom stereocenters. The Morgan fingerprint density at radius 1 is 1.50 bits per heavy atom. The number of rotatable bonds is 3. The highest BCUT2D eigenvalue weighted by Crippen LogP contribution is 2.13. The summed E-state index contributed by atoms with van der Waals surface area (Å²) in [6.45, 7) is 4.33. The van der Waals surface area contributed by atoms with Crippen LogP contribution in [0.5, 0.6) is 0 Å². The second kappa shape index (κ2) is 4.48. The minimum Gasteiger partial charge on any atom is -0.389 e. The molecule has 1 rings (SSSR count). The molecule has 1 heterocycles. The Balaban J connectivity index is 2.89. The van der Waals surface area contributed by atoms with E-state index in [0.29, 0.717) is 0 Å². The molecule has 78 valence electrons. The molecular formula is C10H17N3O. The average molecular weight is 195 g/mol. The fraction of sp³-hybridized carbons (Fsp3) is 0.600. The summed E-state index contributed by atoms with van der Waals surface area (Å²) in [5.41, 5.74) is 1.65. The molecule has 0 aliphatic carbocycles. The van der Waals surface area contributed by atoms with Crippen molar-refractivity contribution in [2.75, 3.05) is 14.1 Å². The maximum Gasteiger partial charge on any atom is 0.142 e. The first-order chi connectivity index (χ1) is 6.50. The normalized spacial score (nSPS) is 13.3. The van der Waals surface area contributed by atoms with E-state index in [1.807, 2.05) is 25.9 Å². The van der Waals surface area contributed by atoms with Crippen LogP contribution < -0.4 is 0 Å². The van der Waals surface area contributed by atoms with Crippen LogP contribution in [0, 0.1) is 6.92 Å². The number of hydrogen-bond donors (Lipinski definition) is 1. The van der Waals surface area contributed by atoms with Crippen molar-refractivity contribution in [1.29, 1.82) is 0 Å². The number of aryl methyl sites for hydroxylation is 1. The van der Waals surface area contributed by atoms with E-state index in [1.54, 1.807) is 13.1 Å². The van der Waals surface area contributed by atoms with Crippen molar-refractivity contribution in [3.05, 3.63) is 23.3 Å². The van der Waals surface area contributed by atoms with Gasteiger partial charge in [0, 0.05) is 17.5 Å². The van der Waals surface area contributed by atoms with Gasteiger partial charge in [-0.25, -0.2) is 9.97 Å². The Bertz CT molecular complexity index is 310. The molecule has 0 aliphatic rings. The molecule has 0 amide bonds. The molecule has 0 aromatic carbocycles. The molecule has 0 aliphatic heterocycles. The summed E-state index contributed by atoms with van der Waals surface area (Å²) in [6, 6.07) is 0. The summed E-state index contributed by atoms with van der Waals surface area (Å²) in [4.78, 5) is 10.5. The predicted octanol–water partition coefficient (Wildman–Crippen LogP) is 0.900. The molecule has 0 bridgehead atoms. The summed E-state index contributed by atoms with van der Waals surface area (Å²) in [7, 11) is 3.95. The van der Waals surface area contributed by atoms with E-state index in [0.717, 1.165) is 23.6 Å². The van der Waals surface area contributed by atoms with E-state index in [-0.39, 0.29) is 0 Å². The van der Waals surface area contributed by atoms with Crippen LogP contribution in [0.3, 0.4) is 0 Å². The Hall–Kier alpha value is -1.00. The van der Waals surface area contributed by atoms with E-state index in [1.165, 1.54) is 0 Å². The zero-order valence-corrected chi connectivity index (χ0v) is 9.15. The van der Waals surface area contributed by atoms with Gasteiger partial charge in [0.2, 0.25) is 0 Å². The van der Waals surface area contributed by atoms with Crippen LogP contribution in [-0.4, -0.2) is 34.1 Å². The maximum absolute atomic E-state index is 9.39. The largest absolute Gasteiger partial charge is 0.389 e. The molecule has 0 saturated heterocycles. The number of hydrogen-bond acceptors (Lipinski definition) is 4. The zero-order chi connectivity index (χ0) is 10.7. The summed E-state index contributed by atoms with van der Waals surface area (Å²) in [6.07, 6.45) is 1.20. The summed E-state index contributed by atoms with van der Waals surface area (Å²) >= 11 is 0. The van der Waals surface area contributed by atoms with E-state index in [9.17, 15) is 5.11 Å². The Labute approximate surface area is 84.6 Å². The van der Waals surface area contributed by atoms with E-state index >= 15 is 0 Å². The maximum atomic E-state index is 9.39. The van der Waals surface area contributed by atoms with Crippen LogP contribution in [0.2, 0.25) is 0 Å². The van der Waals surface area contributed by atoms with E-state index < -0.39 is 6.10 Å². The quantitative estimate of drug-likeness (QED) is 0.778. The van der Waals surface area contributed by atoms with Gasteiger partial charge in [-0.2, -0.15) is 0 Å². The van der Waals surface area contributed by atoms with Crippen LogP contribution in [0.1, 0.15) is 30.1 Å². The summed E-state index contributed by atoms with van der Waals surface area (Å²) in [5.74, 6) is 0.789. The van der Waals surface area contributed by atoms with Gasteiger partial charge in [0.05, 0.1) is 12.6 Å². The highest BCUT2D eigenvalue weighted by Gasteiger charge is 2.08. The molecule has 14 heavy (non-hydrogen) atoms. The molecule has 0 spiro atoms. The molecule has 1 N–H and O–H groups in total. The fourth-order valence-electron chi connectivity index (χ4n) is 1.29. The lowest BCUT2D eigenvalue weighted by atomic mass is 10.1. The van der Waals surface area contributed by atoms with Gasteiger partial charge in [0.1, 0.15) is 5.82 Å². The summed E-state index contributed by atoms with van der Waals surface area (Å²) in [5, 5.41) is 9.39. The van der Waals surface area contributed by atoms with Crippen molar-refractivity contribution in [1.82, 2.24) is 14.9 Å². The standard InChI is InChI=1S/C10H17N3O/c1-7-9(8(2)14)5-11-10(12-7)6-13(3)4/h5,8,14H,6H2,1-4H3/t8-/m0/s1. The van der Waals surface area contributed by atoms with Gasteiger partial charge in [0.15, 0.2) is 0 Å². The van der Waals surface area contributed by atoms with E-state index in [4.69, 9.17) is 0 Å². The van der Waals surface area contributed by atoms with E-state index in [2.05, 4.69) is 9.97 Å². The van der Waals surface area contributed by atoms with Gasteiger partial charge in [-0.3, -0.25) is 0 Å². The lowest BCUT2D eigenvalue weighted by Gasteiger charge is -2.11. The van der Waals surface area contributed by atoms with Crippen LogP contribution in [0.15, 0.2) is 6.20 Å². The van der Waals surface area contributed by atoms with Gasteiger partial charge in [0.25, 0.3) is 0 Å². The summed E-state index contributed by atoms with van der Waals surface area (Å²) < 4.78 is 0. The Morgan fingerprint density at radius 2 is 2.14 bits per heavy atom. The zero-order valence-electron chi connectivity index (χ0n) is 9.15. The molecule has 0 saturated carbocycles. The second-order valence-corrected chi connectivity index (χ2v) is 3.74. The van der Waals surface area contributed by atoms with Gasteiger partial charge in [-0.15, -0.1) is 0 Å². The highest BCUT2D eigenvalue weighted by molar-refractivity contribution is 5.18. The topological polar surface area (TPSA) is 49.2 Å². The van der Waals surface area contributed by atoms with Gasteiger partial charge in [-0.1, -0.05) is 0 Å². The average Bonchev–Trinajstić information content (AvgIpc) is 2.01. The number of aliphatic hydroxyl groups excluding tert-OH is 1. The minimum absolute atomic E-state index is 0.497. The number of nitrogens with zero attached hydrogens (tertiary/aromatic N) is 3. The molecule has 1 aromatic heterocycles. The molecule has 0 radical (unpaired) electrons. The first-order valence-corrected chi connectivity index (χ1v) is 4.66. The molecule has 0 fully saturated rings. The lowest BCUT2D eigenvalue weighted by molar-refractivity contribution is 0.197. The highest BCUT2D eigenvalue weighted by atomic mass is 16.3. The van der Waals surface area contributed by atoms with Crippen LogP contribution >= 0.6 is 0 Å². The molecule has 4 heteroatoms.